The molecule has 3 aromatic carbocycles. The van der Waals surface area contributed by atoms with Crippen LogP contribution in [-0.2, 0) is 34.3 Å². The summed E-state index contributed by atoms with van der Waals surface area (Å²) in [5.41, 5.74) is 0. The smallest absolute Gasteiger partial charge is 0.374 e. The maximum absolute atomic E-state index is 10.6. The van der Waals surface area contributed by atoms with Gasteiger partial charge in [0, 0.05) is 25.9 Å². The quantitative estimate of drug-likeness (QED) is 0.158. The first-order valence-corrected chi connectivity index (χ1v) is 16.9. The number of hydrogen-bond acceptors (Lipinski definition) is 5. The zero-order valence-corrected chi connectivity index (χ0v) is 23.8. The second kappa shape index (κ2) is 16.0. The first kappa shape index (κ1) is 30.2. The summed E-state index contributed by atoms with van der Waals surface area (Å²) in [7, 11) is -6.72. The van der Waals surface area contributed by atoms with Crippen molar-refractivity contribution in [1.29, 1.82) is 0 Å². The Morgan fingerprint density at radius 3 is 1.28 bits per heavy atom. The minimum absolute atomic E-state index is 0.0146. The van der Waals surface area contributed by atoms with Crippen LogP contribution in [0, 0.1) is 0 Å². The van der Waals surface area contributed by atoms with Crippen molar-refractivity contribution >= 4 is 29.8 Å². The van der Waals surface area contributed by atoms with E-state index in [0.717, 1.165) is 0 Å². The minimum atomic E-state index is -3.94. The highest BCUT2D eigenvalue weighted by molar-refractivity contribution is 7.97. The zero-order chi connectivity index (χ0) is 26.3. The molecule has 0 aliphatic carbocycles. The zero-order valence-electron chi connectivity index (χ0n) is 21.2. The highest BCUT2D eigenvalue weighted by Crippen LogP contribution is 2.30. The monoisotopic (exact) mass is 549 g/mol. The summed E-state index contributed by atoms with van der Waals surface area (Å²) in [6.45, 7) is 6.88. The van der Waals surface area contributed by atoms with E-state index in [1.165, 1.54) is 14.7 Å². The molecule has 0 aliphatic heterocycles. The lowest BCUT2D eigenvalue weighted by Crippen LogP contribution is -2.46. The van der Waals surface area contributed by atoms with E-state index in [1.54, 1.807) is 0 Å². The first-order valence-electron chi connectivity index (χ1n) is 12.1. The van der Waals surface area contributed by atoms with Gasteiger partial charge in [-0.2, -0.15) is 8.42 Å². The van der Waals surface area contributed by atoms with Crippen LogP contribution in [0.15, 0.2) is 106 Å². The lowest BCUT2D eigenvalue weighted by molar-refractivity contribution is 0.0712. The van der Waals surface area contributed by atoms with Crippen LogP contribution in [0.1, 0.15) is 27.2 Å². The van der Waals surface area contributed by atoms with Crippen LogP contribution in [0.2, 0.25) is 6.04 Å². The van der Waals surface area contributed by atoms with Crippen molar-refractivity contribution in [2.75, 3.05) is 25.6 Å². The van der Waals surface area contributed by atoms with Crippen molar-refractivity contribution in [3.8, 4) is 0 Å². The summed E-state index contributed by atoms with van der Waals surface area (Å²) in [5, 5.41) is 0. The van der Waals surface area contributed by atoms with Gasteiger partial charge in [-0.25, -0.2) is 0 Å². The highest BCUT2D eigenvalue weighted by atomic mass is 32.2. The van der Waals surface area contributed by atoms with Crippen LogP contribution in [0.3, 0.4) is 0 Å². The van der Waals surface area contributed by atoms with E-state index in [4.69, 9.17) is 17.8 Å². The molecule has 0 saturated heterocycles. The third-order valence-corrected chi connectivity index (χ3v) is 11.1. The van der Waals surface area contributed by atoms with Gasteiger partial charge in [0.25, 0.3) is 10.1 Å². The molecule has 0 aliphatic rings. The van der Waals surface area contributed by atoms with E-state index in [2.05, 4.69) is 91.0 Å². The van der Waals surface area contributed by atoms with Crippen molar-refractivity contribution in [1.82, 2.24) is 0 Å². The molecule has 0 heterocycles. The van der Waals surface area contributed by atoms with Gasteiger partial charge in [-0.1, -0.05) is 54.6 Å². The molecule has 196 valence electrons. The van der Waals surface area contributed by atoms with Crippen molar-refractivity contribution in [2.24, 2.45) is 0 Å². The molecule has 0 fully saturated rings. The number of benzene rings is 3. The molecule has 36 heavy (non-hydrogen) atoms. The molecule has 0 bridgehead atoms. The maximum Gasteiger partial charge on any atom is 0.500 e. The predicted molar refractivity (Wildman–Crippen MR) is 148 cm³/mol. The van der Waals surface area contributed by atoms with Gasteiger partial charge in [-0.05, 0) is 63.6 Å². The summed E-state index contributed by atoms with van der Waals surface area (Å²) < 4.78 is 46.6. The normalized spacial score (nSPS) is 11.7. The van der Waals surface area contributed by atoms with Gasteiger partial charge in [-0.3, -0.25) is 4.55 Å². The summed E-state index contributed by atoms with van der Waals surface area (Å²) >= 11 is 0. The molecule has 0 radical (unpaired) electrons. The van der Waals surface area contributed by atoms with E-state index in [1.807, 2.05) is 20.8 Å². The van der Waals surface area contributed by atoms with Crippen molar-refractivity contribution < 1.29 is 26.2 Å². The molecule has 1 N–H and O–H groups in total. The van der Waals surface area contributed by atoms with Crippen LogP contribution in [0.5, 0.6) is 0 Å². The molecule has 0 saturated carbocycles. The Hall–Kier alpha value is -1.98. The molecular weight excluding hydrogens is 513 g/mol. The lowest BCUT2D eigenvalue weighted by Gasteiger charge is -2.28. The summed E-state index contributed by atoms with van der Waals surface area (Å²) in [6.07, 6.45) is 0.269. The Kier molecular flexibility index (Phi) is 13.4. The third kappa shape index (κ3) is 10.6. The molecule has 3 rings (SSSR count). The van der Waals surface area contributed by atoms with Gasteiger partial charge in [0.05, 0.1) is 16.6 Å². The fourth-order valence-corrected chi connectivity index (χ4v) is 9.03. The van der Waals surface area contributed by atoms with E-state index in [0.29, 0.717) is 25.9 Å². The Morgan fingerprint density at radius 1 is 0.667 bits per heavy atom. The molecule has 0 atom stereocenters. The molecular formula is C27H37O6S2Si+. The molecule has 9 heteroatoms. The topological polar surface area (TPSA) is 82.1 Å². The van der Waals surface area contributed by atoms with Crippen LogP contribution in [0.25, 0.3) is 0 Å². The number of rotatable bonds is 13. The first-order chi connectivity index (χ1) is 17.3. The highest BCUT2D eigenvalue weighted by Gasteiger charge is 2.40. The third-order valence-electron chi connectivity index (χ3n) is 4.91. The Labute approximate surface area is 220 Å². The molecule has 0 aromatic heterocycles. The fourth-order valence-electron chi connectivity index (χ4n) is 3.55. The fraction of sp³-hybridized carbons (Fsp3) is 0.333. The average Bonchev–Trinajstić information content (AvgIpc) is 2.86. The Balaban J connectivity index is 0.000000256. The molecule has 0 unspecified atom stereocenters. The lowest BCUT2D eigenvalue weighted by atomic mass is 10.4. The standard InChI is InChI=1S/C18H15S.C9H22O6SSi/c1-4-10-16(11-5-1)19(17-12-6-2-7-13-17)18-14-8-3-9-15-18;1-4-13-17(14-5-2,15-6-3)9-7-8-16(10,11)12/h1-15H;4-9H2,1-3H3,(H,10,11,12)/q+1;. The van der Waals surface area contributed by atoms with Gasteiger partial charge in [0.15, 0.2) is 14.7 Å². The minimum Gasteiger partial charge on any atom is -0.374 e. The summed E-state index contributed by atoms with van der Waals surface area (Å²) in [4.78, 5) is 4.08. The van der Waals surface area contributed by atoms with Crippen LogP contribution in [-0.4, -0.2) is 47.3 Å². The van der Waals surface area contributed by atoms with E-state index in [9.17, 15) is 8.42 Å². The van der Waals surface area contributed by atoms with Gasteiger partial charge in [0.1, 0.15) is 0 Å². The summed E-state index contributed by atoms with van der Waals surface area (Å²) in [6, 6.07) is 32.5. The Morgan fingerprint density at radius 2 is 1.00 bits per heavy atom. The average molecular weight is 550 g/mol. The van der Waals surface area contributed by atoms with E-state index < -0.39 is 18.9 Å². The van der Waals surface area contributed by atoms with Gasteiger partial charge in [-0.15, -0.1) is 0 Å². The predicted octanol–water partition coefficient (Wildman–Crippen LogP) is 6.09. The van der Waals surface area contributed by atoms with Crippen LogP contribution >= 0.6 is 0 Å². The van der Waals surface area contributed by atoms with Crippen molar-refractivity contribution in [3.05, 3.63) is 91.0 Å². The van der Waals surface area contributed by atoms with Gasteiger partial charge >= 0.3 is 8.80 Å². The molecule has 6 nitrogen and oxygen atoms in total. The Bertz CT molecular complexity index is 972. The van der Waals surface area contributed by atoms with Crippen LogP contribution in [0.4, 0.5) is 0 Å². The summed E-state index contributed by atoms with van der Waals surface area (Å²) in [5.74, 6) is -0.297. The molecule has 3 aromatic rings. The van der Waals surface area contributed by atoms with Gasteiger partial charge in [0.2, 0.25) is 0 Å². The van der Waals surface area contributed by atoms with Crippen molar-refractivity contribution in [2.45, 2.75) is 47.9 Å². The van der Waals surface area contributed by atoms with E-state index in [-0.39, 0.29) is 23.1 Å². The SMILES string of the molecule is CCO[Si](CCCS(=O)(=O)O)(OCC)OCC.c1ccc([S+](c2ccccc2)c2ccccc2)cc1. The van der Waals surface area contributed by atoms with Crippen molar-refractivity contribution in [3.63, 3.8) is 0 Å². The molecule has 0 spiro atoms. The second-order valence-corrected chi connectivity index (χ2v) is 13.9. The molecule has 0 amide bonds. The number of hydrogen-bond donors (Lipinski definition) is 1. The van der Waals surface area contributed by atoms with Crippen LogP contribution < -0.4 is 0 Å². The largest absolute Gasteiger partial charge is 0.500 e. The van der Waals surface area contributed by atoms with E-state index >= 15 is 0 Å². The maximum atomic E-state index is 10.6. The van der Waals surface area contributed by atoms with Gasteiger partial charge < -0.3 is 13.3 Å². The second-order valence-electron chi connectivity index (χ2n) is 7.62.